The molecule has 1 fully saturated rings. The number of unbranched alkanes of at least 4 members (excludes halogenated alkanes) is 1. The zero-order valence-corrected chi connectivity index (χ0v) is 15.0. The van der Waals surface area contributed by atoms with Crippen LogP contribution >= 0.6 is 0 Å². The van der Waals surface area contributed by atoms with Crippen LogP contribution in [0.25, 0.3) is 0 Å². The Morgan fingerprint density at radius 1 is 1.29 bits per heavy atom. The highest BCUT2D eigenvalue weighted by Crippen LogP contribution is 2.25. The van der Waals surface area contributed by atoms with Crippen LogP contribution in [-0.4, -0.2) is 45.5 Å². The molecule has 1 heterocycles. The normalized spacial score (nSPS) is 19.0. The first-order valence-corrected chi connectivity index (χ1v) is 9.74. The minimum atomic E-state index is -3.61. The van der Waals surface area contributed by atoms with Gasteiger partial charge in [0.2, 0.25) is 10.0 Å². The van der Waals surface area contributed by atoms with Crippen molar-refractivity contribution in [3.63, 3.8) is 0 Å². The molecule has 0 amide bonds. The first-order valence-electron chi connectivity index (χ1n) is 8.30. The van der Waals surface area contributed by atoms with E-state index in [9.17, 15) is 13.2 Å². The molecule has 0 spiro atoms. The Hall–Kier alpha value is -1.60. The second-order valence-electron chi connectivity index (χ2n) is 5.90. The molecule has 0 N–H and O–H groups in total. The minimum absolute atomic E-state index is 0.180. The number of hydrogen-bond acceptors (Lipinski definition) is 5. The molecule has 24 heavy (non-hydrogen) atoms. The van der Waals surface area contributed by atoms with Crippen molar-refractivity contribution in [2.45, 2.75) is 37.5 Å². The van der Waals surface area contributed by atoms with Crippen molar-refractivity contribution >= 4 is 16.0 Å². The molecule has 1 saturated heterocycles. The summed E-state index contributed by atoms with van der Waals surface area (Å²) in [7, 11) is -2.08. The van der Waals surface area contributed by atoms with E-state index in [4.69, 9.17) is 9.47 Å². The fraction of sp³-hybridized carbons (Fsp3) is 0.588. The van der Waals surface area contributed by atoms with Gasteiger partial charge < -0.3 is 9.47 Å². The third-order valence-electron chi connectivity index (χ3n) is 4.16. The van der Waals surface area contributed by atoms with Crippen molar-refractivity contribution < 1.29 is 22.7 Å². The topological polar surface area (TPSA) is 72.9 Å². The molecule has 7 heteroatoms. The third kappa shape index (κ3) is 4.48. The summed E-state index contributed by atoms with van der Waals surface area (Å²) in [5, 5.41) is 0. The lowest BCUT2D eigenvalue weighted by Crippen LogP contribution is -2.42. The monoisotopic (exact) mass is 355 g/mol. The molecule has 1 aromatic carbocycles. The summed E-state index contributed by atoms with van der Waals surface area (Å²) in [6.45, 7) is 3.03. The van der Waals surface area contributed by atoms with E-state index in [-0.39, 0.29) is 23.3 Å². The molecule has 0 bridgehead atoms. The first-order chi connectivity index (χ1) is 11.5. The fourth-order valence-electron chi connectivity index (χ4n) is 2.68. The summed E-state index contributed by atoms with van der Waals surface area (Å²) in [4.78, 5) is 12.3. The molecule has 0 aliphatic carbocycles. The predicted molar refractivity (Wildman–Crippen MR) is 90.3 cm³/mol. The van der Waals surface area contributed by atoms with Gasteiger partial charge in [-0.15, -0.1) is 0 Å². The van der Waals surface area contributed by atoms with Crippen molar-refractivity contribution in [3.8, 4) is 5.75 Å². The van der Waals surface area contributed by atoms with Crippen LogP contribution in [0.5, 0.6) is 5.75 Å². The Bertz CT molecular complexity index is 641. The lowest BCUT2D eigenvalue weighted by molar-refractivity contribution is -0.149. The molecule has 0 radical (unpaired) electrons. The summed E-state index contributed by atoms with van der Waals surface area (Å²) in [5.74, 6) is -0.0771. The number of carbonyl (C=O) groups is 1. The van der Waals surface area contributed by atoms with Crippen LogP contribution in [0.4, 0.5) is 0 Å². The molecule has 0 saturated carbocycles. The van der Waals surface area contributed by atoms with Crippen LogP contribution in [0.1, 0.15) is 32.6 Å². The predicted octanol–water partition coefficient (Wildman–Crippen LogP) is 2.44. The number of methoxy groups -OCH3 is 1. The van der Waals surface area contributed by atoms with Gasteiger partial charge >= 0.3 is 5.97 Å². The van der Waals surface area contributed by atoms with Crippen LogP contribution in [0.3, 0.4) is 0 Å². The Balaban J connectivity index is 2.05. The van der Waals surface area contributed by atoms with Gasteiger partial charge in [0.05, 0.1) is 24.5 Å². The number of rotatable bonds is 7. The number of carbonyl (C=O) groups excluding carboxylic acids is 1. The zero-order chi connectivity index (χ0) is 17.6. The maximum atomic E-state index is 12.7. The minimum Gasteiger partial charge on any atom is -0.497 e. The Morgan fingerprint density at radius 3 is 2.62 bits per heavy atom. The lowest BCUT2D eigenvalue weighted by atomic mass is 10.00. The van der Waals surface area contributed by atoms with Gasteiger partial charge in [0.1, 0.15) is 5.75 Å². The standard InChI is InChI=1S/C17H25NO5S/c1-3-4-12-23-17(19)14-6-5-11-18(13-14)24(20,21)16-9-7-15(22-2)8-10-16/h7-10,14H,3-6,11-13H2,1-2H3. The SMILES string of the molecule is CCCCOC(=O)C1CCCN(S(=O)(=O)c2ccc(OC)cc2)C1. The summed E-state index contributed by atoms with van der Waals surface area (Å²) in [5.41, 5.74) is 0. The molecule has 6 nitrogen and oxygen atoms in total. The van der Waals surface area contributed by atoms with Gasteiger partial charge in [-0.2, -0.15) is 4.31 Å². The molecular formula is C17H25NO5S. The quantitative estimate of drug-likeness (QED) is 0.555. The van der Waals surface area contributed by atoms with Gasteiger partial charge in [-0.1, -0.05) is 13.3 Å². The summed E-state index contributed by atoms with van der Waals surface area (Å²) >= 11 is 0. The Labute approximate surface area is 143 Å². The summed E-state index contributed by atoms with van der Waals surface area (Å²) in [6.07, 6.45) is 3.10. The molecule has 1 aliphatic heterocycles. The molecule has 1 aliphatic rings. The van der Waals surface area contributed by atoms with Crippen molar-refractivity contribution in [3.05, 3.63) is 24.3 Å². The molecule has 1 atom stereocenters. The maximum Gasteiger partial charge on any atom is 0.310 e. The van der Waals surface area contributed by atoms with E-state index in [1.807, 2.05) is 6.92 Å². The van der Waals surface area contributed by atoms with Crippen molar-refractivity contribution in [2.75, 3.05) is 26.8 Å². The van der Waals surface area contributed by atoms with Crippen molar-refractivity contribution in [2.24, 2.45) is 5.92 Å². The van der Waals surface area contributed by atoms with Gasteiger partial charge in [-0.25, -0.2) is 8.42 Å². The maximum absolute atomic E-state index is 12.7. The summed E-state index contributed by atoms with van der Waals surface area (Å²) in [6, 6.07) is 6.29. The highest BCUT2D eigenvalue weighted by Gasteiger charge is 2.34. The number of nitrogens with zero attached hydrogens (tertiary/aromatic N) is 1. The number of piperidine rings is 1. The number of benzene rings is 1. The molecule has 0 aromatic heterocycles. The van der Waals surface area contributed by atoms with E-state index < -0.39 is 10.0 Å². The van der Waals surface area contributed by atoms with Crippen molar-refractivity contribution in [1.82, 2.24) is 4.31 Å². The van der Waals surface area contributed by atoms with Gasteiger partial charge in [0.15, 0.2) is 0 Å². The number of ether oxygens (including phenoxy) is 2. The average molecular weight is 355 g/mol. The van der Waals surface area contributed by atoms with Crippen LogP contribution in [0.2, 0.25) is 0 Å². The van der Waals surface area contributed by atoms with E-state index in [1.54, 1.807) is 12.1 Å². The van der Waals surface area contributed by atoms with Crippen molar-refractivity contribution in [1.29, 1.82) is 0 Å². The van der Waals surface area contributed by atoms with Gasteiger partial charge in [-0.05, 0) is 43.5 Å². The van der Waals surface area contributed by atoms with Gasteiger partial charge in [0, 0.05) is 13.1 Å². The fourth-order valence-corrected chi connectivity index (χ4v) is 4.21. The molecule has 2 rings (SSSR count). The highest BCUT2D eigenvalue weighted by molar-refractivity contribution is 7.89. The second-order valence-corrected chi connectivity index (χ2v) is 7.84. The Morgan fingerprint density at radius 2 is 2.00 bits per heavy atom. The summed E-state index contributed by atoms with van der Waals surface area (Å²) < 4.78 is 37.2. The smallest absolute Gasteiger partial charge is 0.310 e. The average Bonchev–Trinajstić information content (AvgIpc) is 2.62. The van der Waals surface area contributed by atoms with E-state index >= 15 is 0 Å². The third-order valence-corrected chi connectivity index (χ3v) is 6.04. The second kappa shape index (κ2) is 8.48. The number of sulfonamides is 1. The van der Waals surface area contributed by atoms with Gasteiger partial charge in [-0.3, -0.25) is 4.79 Å². The number of hydrogen-bond donors (Lipinski definition) is 0. The van der Waals surface area contributed by atoms with Crippen LogP contribution in [0.15, 0.2) is 29.2 Å². The zero-order valence-electron chi connectivity index (χ0n) is 14.2. The molecule has 1 aromatic rings. The molecule has 1 unspecified atom stereocenters. The lowest BCUT2D eigenvalue weighted by Gasteiger charge is -2.30. The van der Waals surface area contributed by atoms with E-state index in [0.717, 1.165) is 12.8 Å². The van der Waals surface area contributed by atoms with E-state index in [0.29, 0.717) is 31.7 Å². The van der Waals surface area contributed by atoms with E-state index in [2.05, 4.69) is 0 Å². The largest absolute Gasteiger partial charge is 0.497 e. The van der Waals surface area contributed by atoms with Crippen LogP contribution in [0, 0.1) is 5.92 Å². The number of esters is 1. The van der Waals surface area contributed by atoms with E-state index in [1.165, 1.54) is 23.5 Å². The van der Waals surface area contributed by atoms with Gasteiger partial charge in [0.25, 0.3) is 0 Å². The Kier molecular flexibility index (Phi) is 6.62. The highest BCUT2D eigenvalue weighted by atomic mass is 32.2. The van der Waals surface area contributed by atoms with Crippen LogP contribution in [-0.2, 0) is 19.6 Å². The van der Waals surface area contributed by atoms with Crippen LogP contribution < -0.4 is 4.74 Å². The molecular weight excluding hydrogens is 330 g/mol. The molecule has 134 valence electrons. The first kappa shape index (κ1) is 18.7.